The number of rotatable bonds is 5. The monoisotopic (exact) mass is 366 g/mol. The lowest BCUT2D eigenvalue weighted by atomic mass is 9.87. The molecule has 2 N–H and O–H groups in total. The second kappa shape index (κ2) is 7.72. The van der Waals surface area contributed by atoms with Gasteiger partial charge in [-0.25, -0.2) is 9.97 Å². The Morgan fingerprint density at radius 3 is 2.27 bits per heavy atom. The van der Waals surface area contributed by atoms with Gasteiger partial charge in [-0.3, -0.25) is 4.79 Å². The molecule has 1 heterocycles. The van der Waals surface area contributed by atoms with Gasteiger partial charge in [0.25, 0.3) is 5.91 Å². The summed E-state index contributed by atoms with van der Waals surface area (Å²) in [5, 5.41) is 5.35. The van der Waals surface area contributed by atoms with Gasteiger partial charge in [0.05, 0.1) is 0 Å². The number of amides is 1. The fourth-order valence-electron chi connectivity index (χ4n) is 2.18. The number of carbonyl (C=O) groups excluding carboxylic acids is 1. The van der Waals surface area contributed by atoms with Crippen LogP contribution in [-0.4, -0.2) is 29.0 Å². The lowest BCUT2D eigenvalue weighted by molar-refractivity contribution is -0.141. The number of hydrogen-bond acceptors (Lipinski definition) is 4. The average Bonchev–Trinajstić information content (AvgIpc) is 2.57. The van der Waals surface area contributed by atoms with Gasteiger partial charge in [0.2, 0.25) is 5.95 Å². The van der Waals surface area contributed by atoms with Crippen LogP contribution >= 0.6 is 0 Å². The Morgan fingerprint density at radius 2 is 1.69 bits per heavy atom. The third-order valence-electron chi connectivity index (χ3n) is 3.65. The van der Waals surface area contributed by atoms with Crippen molar-refractivity contribution in [1.29, 1.82) is 0 Å². The summed E-state index contributed by atoms with van der Waals surface area (Å²) in [4.78, 5) is 19.2. The van der Waals surface area contributed by atoms with E-state index in [1.54, 1.807) is 12.1 Å². The van der Waals surface area contributed by atoms with Crippen LogP contribution in [0.25, 0.3) is 0 Å². The largest absolute Gasteiger partial charge is 0.433 e. The molecule has 0 unspecified atom stereocenters. The second-order valence-electron chi connectivity index (χ2n) is 6.77. The third-order valence-corrected chi connectivity index (χ3v) is 3.65. The summed E-state index contributed by atoms with van der Waals surface area (Å²) in [5.41, 5.74) is 0.632. The van der Waals surface area contributed by atoms with E-state index in [9.17, 15) is 18.0 Å². The minimum atomic E-state index is -4.52. The summed E-state index contributed by atoms with van der Waals surface area (Å²) in [5.74, 6) is -0.388. The summed E-state index contributed by atoms with van der Waals surface area (Å²) >= 11 is 0. The predicted molar refractivity (Wildman–Crippen MR) is 93.0 cm³/mol. The standard InChI is InChI=1S/C18H21F3N4O/c1-17(2,3)13-6-4-12(5-7-13)15(26)22-10-11-24-16-23-9-8-14(25-16)18(19,20)21/h4-9H,10-11H2,1-3H3,(H,22,26)(H,23,24,25). The molecule has 0 saturated heterocycles. The van der Waals surface area contributed by atoms with Crippen LogP contribution in [-0.2, 0) is 11.6 Å². The quantitative estimate of drug-likeness (QED) is 0.793. The smallest absolute Gasteiger partial charge is 0.352 e. The zero-order valence-electron chi connectivity index (χ0n) is 14.8. The molecule has 0 atom stereocenters. The first-order valence-corrected chi connectivity index (χ1v) is 8.10. The van der Waals surface area contributed by atoms with Crippen LogP contribution in [0.3, 0.4) is 0 Å². The molecular weight excluding hydrogens is 345 g/mol. The van der Waals surface area contributed by atoms with Crippen molar-refractivity contribution in [2.24, 2.45) is 0 Å². The van der Waals surface area contributed by atoms with Crippen LogP contribution in [0.2, 0.25) is 0 Å². The highest BCUT2D eigenvalue weighted by molar-refractivity contribution is 5.94. The van der Waals surface area contributed by atoms with Gasteiger partial charge in [-0.05, 0) is 29.2 Å². The molecule has 1 amide bonds. The summed E-state index contributed by atoms with van der Waals surface area (Å²) in [6, 6.07) is 8.11. The van der Waals surface area contributed by atoms with Crippen LogP contribution in [0, 0.1) is 0 Å². The van der Waals surface area contributed by atoms with Crippen molar-refractivity contribution in [3.05, 3.63) is 53.3 Å². The number of benzene rings is 1. The number of halogens is 3. The van der Waals surface area contributed by atoms with Crippen LogP contribution in [0.15, 0.2) is 36.5 Å². The maximum absolute atomic E-state index is 12.6. The first kappa shape index (κ1) is 19.7. The molecule has 0 radical (unpaired) electrons. The minimum Gasteiger partial charge on any atom is -0.352 e. The first-order chi connectivity index (χ1) is 12.1. The number of nitrogens with one attached hydrogen (secondary N) is 2. The molecule has 26 heavy (non-hydrogen) atoms. The number of nitrogens with zero attached hydrogens (tertiary/aromatic N) is 2. The maximum Gasteiger partial charge on any atom is 0.433 e. The SMILES string of the molecule is CC(C)(C)c1ccc(C(=O)NCCNc2nccc(C(F)(F)F)n2)cc1. The molecule has 0 spiro atoms. The molecule has 0 aliphatic carbocycles. The van der Waals surface area contributed by atoms with Crippen molar-refractivity contribution in [2.75, 3.05) is 18.4 Å². The molecule has 0 aliphatic rings. The van der Waals surface area contributed by atoms with E-state index in [-0.39, 0.29) is 30.4 Å². The third kappa shape index (κ3) is 5.44. The van der Waals surface area contributed by atoms with Gasteiger partial charge < -0.3 is 10.6 Å². The normalized spacial score (nSPS) is 11.9. The van der Waals surface area contributed by atoms with Crippen molar-refractivity contribution in [3.8, 4) is 0 Å². The number of hydrogen-bond donors (Lipinski definition) is 2. The molecule has 0 aliphatic heterocycles. The second-order valence-corrected chi connectivity index (χ2v) is 6.77. The Kier molecular flexibility index (Phi) is 5.84. The minimum absolute atomic E-state index is 0.00385. The highest BCUT2D eigenvalue weighted by atomic mass is 19.4. The maximum atomic E-state index is 12.6. The van der Waals surface area contributed by atoms with E-state index < -0.39 is 11.9 Å². The van der Waals surface area contributed by atoms with E-state index in [4.69, 9.17) is 0 Å². The van der Waals surface area contributed by atoms with Gasteiger partial charge in [0.15, 0.2) is 0 Å². The van der Waals surface area contributed by atoms with Gasteiger partial charge in [-0.2, -0.15) is 13.2 Å². The Hall–Kier alpha value is -2.64. The van der Waals surface area contributed by atoms with Crippen molar-refractivity contribution >= 4 is 11.9 Å². The van der Waals surface area contributed by atoms with Crippen molar-refractivity contribution in [1.82, 2.24) is 15.3 Å². The fourth-order valence-corrected chi connectivity index (χ4v) is 2.18. The van der Waals surface area contributed by atoms with E-state index in [0.717, 1.165) is 17.8 Å². The molecule has 0 fully saturated rings. The molecule has 5 nitrogen and oxygen atoms in total. The zero-order chi connectivity index (χ0) is 19.4. The number of anilines is 1. The molecular formula is C18H21F3N4O. The van der Waals surface area contributed by atoms with Gasteiger partial charge in [0, 0.05) is 24.8 Å². The Bertz CT molecular complexity index is 752. The molecule has 1 aromatic heterocycles. The van der Waals surface area contributed by atoms with Crippen LogP contribution < -0.4 is 10.6 Å². The molecule has 1 aromatic carbocycles. The molecule has 8 heteroatoms. The van der Waals surface area contributed by atoms with E-state index in [2.05, 4.69) is 41.4 Å². The highest BCUT2D eigenvalue weighted by Crippen LogP contribution is 2.27. The lowest BCUT2D eigenvalue weighted by Gasteiger charge is -2.19. The van der Waals surface area contributed by atoms with Gasteiger partial charge in [-0.1, -0.05) is 32.9 Å². The van der Waals surface area contributed by atoms with Crippen LogP contribution in [0.5, 0.6) is 0 Å². The summed E-state index contributed by atoms with van der Waals surface area (Å²) < 4.78 is 37.7. The fraction of sp³-hybridized carbons (Fsp3) is 0.389. The van der Waals surface area contributed by atoms with Crippen molar-refractivity contribution < 1.29 is 18.0 Å². The average molecular weight is 366 g/mol. The van der Waals surface area contributed by atoms with Crippen molar-refractivity contribution in [3.63, 3.8) is 0 Å². The zero-order valence-corrected chi connectivity index (χ0v) is 14.8. The van der Waals surface area contributed by atoms with Crippen LogP contribution in [0.1, 0.15) is 42.4 Å². The molecule has 2 rings (SSSR count). The summed E-state index contributed by atoms with van der Waals surface area (Å²) in [7, 11) is 0. The predicted octanol–water partition coefficient (Wildman–Crippen LogP) is 3.63. The van der Waals surface area contributed by atoms with E-state index in [1.165, 1.54) is 0 Å². The van der Waals surface area contributed by atoms with Crippen molar-refractivity contribution in [2.45, 2.75) is 32.4 Å². The highest BCUT2D eigenvalue weighted by Gasteiger charge is 2.32. The number of alkyl halides is 3. The van der Waals surface area contributed by atoms with E-state index >= 15 is 0 Å². The van der Waals surface area contributed by atoms with E-state index in [0.29, 0.717) is 5.56 Å². The summed E-state index contributed by atoms with van der Waals surface area (Å²) in [6.45, 7) is 6.68. The topological polar surface area (TPSA) is 66.9 Å². The molecule has 0 saturated carbocycles. The summed E-state index contributed by atoms with van der Waals surface area (Å²) in [6.07, 6.45) is -3.49. The lowest BCUT2D eigenvalue weighted by Crippen LogP contribution is -2.29. The van der Waals surface area contributed by atoms with E-state index in [1.807, 2.05) is 12.1 Å². The molecule has 2 aromatic rings. The van der Waals surface area contributed by atoms with Gasteiger partial charge >= 0.3 is 6.18 Å². The number of aromatic nitrogens is 2. The Labute approximate surface area is 150 Å². The Morgan fingerprint density at radius 1 is 1.04 bits per heavy atom. The Balaban J connectivity index is 1.84. The molecule has 0 bridgehead atoms. The van der Waals surface area contributed by atoms with Crippen LogP contribution in [0.4, 0.5) is 19.1 Å². The van der Waals surface area contributed by atoms with Gasteiger partial charge in [0.1, 0.15) is 5.69 Å². The molecule has 140 valence electrons. The first-order valence-electron chi connectivity index (χ1n) is 8.10. The number of carbonyl (C=O) groups is 1. The van der Waals surface area contributed by atoms with Gasteiger partial charge in [-0.15, -0.1) is 0 Å².